The van der Waals surface area contributed by atoms with E-state index in [1.165, 1.54) is 20.8 Å². The molecule has 5 rings (SSSR count). The van der Waals surface area contributed by atoms with Crippen molar-refractivity contribution in [1.29, 1.82) is 0 Å². The van der Waals surface area contributed by atoms with Gasteiger partial charge in [0.25, 0.3) is 0 Å². The van der Waals surface area contributed by atoms with Crippen molar-refractivity contribution in [2.75, 3.05) is 6.61 Å². The Labute approximate surface area is 289 Å². The molecule has 0 unspecified atom stereocenters. The molecule has 0 radical (unpaired) electrons. The summed E-state index contributed by atoms with van der Waals surface area (Å²) in [6.45, 7) is 15.4. The summed E-state index contributed by atoms with van der Waals surface area (Å²) in [5, 5.41) is 25.5. The Hall–Kier alpha value is -2.90. The van der Waals surface area contributed by atoms with Crippen molar-refractivity contribution in [1.82, 2.24) is 0 Å². The van der Waals surface area contributed by atoms with Crippen molar-refractivity contribution in [2.45, 2.75) is 135 Å². The Bertz CT molecular complexity index is 1510. The number of fused-ring (bicyclic) bond motifs is 5. The lowest BCUT2D eigenvalue weighted by Gasteiger charge is -2.67. The largest absolute Gasteiger partial charge is 0.455 e. The first-order valence-corrected chi connectivity index (χ1v) is 20.0. The molecule has 12 heteroatoms. The lowest BCUT2D eigenvalue weighted by Crippen LogP contribution is -2.82. The van der Waals surface area contributed by atoms with Gasteiger partial charge in [0.1, 0.15) is 17.8 Å². The maximum absolute atomic E-state index is 15.3. The molecule has 2 N–H and O–H groups in total. The van der Waals surface area contributed by atoms with E-state index < -0.39 is 90.5 Å². The van der Waals surface area contributed by atoms with Crippen molar-refractivity contribution < 1.29 is 52.8 Å². The molecule has 0 amide bonds. The zero-order chi connectivity index (χ0) is 36.3. The van der Waals surface area contributed by atoms with E-state index in [4.69, 9.17) is 23.4 Å². The number of carbonyl (C=O) groups excluding carboxylic acids is 4. The van der Waals surface area contributed by atoms with Gasteiger partial charge in [0.2, 0.25) is 0 Å². The van der Waals surface area contributed by atoms with Crippen LogP contribution in [0.4, 0.5) is 0 Å². The number of Topliss-reactive ketones (excluding diaryl/α,β-unsaturated/α-hetero) is 1. The molecular formula is C37H52O11Si. The molecule has 11 nitrogen and oxygen atoms in total. The van der Waals surface area contributed by atoms with E-state index in [-0.39, 0.29) is 25.0 Å². The number of carbonyl (C=O) groups is 4. The number of aliphatic hydroxyl groups excluding tert-OH is 1. The van der Waals surface area contributed by atoms with Crippen LogP contribution in [-0.2, 0) is 37.8 Å². The van der Waals surface area contributed by atoms with E-state index in [2.05, 4.69) is 20.8 Å². The van der Waals surface area contributed by atoms with E-state index >= 15 is 4.79 Å². The summed E-state index contributed by atoms with van der Waals surface area (Å²) in [6.07, 6.45) is -6.16. The predicted molar refractivity (Wildman–Crippen MR) is 181 cm³/mol. The van der Waals surface area contributed by atoms with Crippen molar-refractivity contribution in [3.05, 3.63) is 47.0 Å². The Morgan fingerprint density at radius 3 is 2.10 bits per heavy atom. The number of rotatable bonds is 9. The Morgan fingerprint density at radius 2 is 1.59 bits per heavy atom. The normalized spacial score (nSPS) is 36.7. The second-order valence-corrected chi connectivity index (χ2v) is 19.8. The van der Waals surface area contributed by atoms with Gasteiger partial charge in [0.05, 0.1) is 35.7 Å². The molecule has 2 saturated carbocycles. The minimum atomic E-state index is -2.37. The number of benzene rings is 1. The lowest BCUT2D eigenvalue weighted by atomic mass is 9.44. The van der Waals surface area contributed by atoms with E-state index in [1.807, 2.05) is 6.92 Å². The van der Waals surface area contributed by atoms with Crippen LogP contribution in [0.15, 0.2) is 41.5 Å². The van der Waals surface area contributed by atoms with Crippen LogP contribution in [0.5, 0.6) is 0 Å². The molecule has 1 aliphatic heterocycles. The number of esters is 3. The summed E-state index contributed by atoms with van der Waals surface area (Å²) >= 11 is 0. The first kappa shape index (κ1) is 37.4. The molecule has 9 atom stereocenters. The summed E-state index contributed by atoms with van der Waals surface area (Å²) in [5.41, 5.74) is -5.58. The zero-order valence-corrected chi connectivity index (χ0v) is 31.2. The predicted octanol–water partition coefficient (Wildman–Crippen LogP) is 4.68. The number of hydrogen-bond acceptors (Lipinski definition) is 11. The van der Waals surface area contributed by atoms with E-state index in [9.17, 15) is 24.6 Å². The smallest absolute Gasteiger partial charge is 0.338 e. The zero-order valence-electron chi connectivity index (χ0n) is 30.2. The first-order chi connectivity index (χ1) is 22.9. The van der Waals surface area contributed by atoms with E-state index in [0.717, 1.165) is 18.1 Å². The highest BCUT2D eigenvalue weighted by Gasteiger charge is 2.78. The van der Waals surface area contributed by atoms with Crippen molar-refractivity contribution >= 4 is 32.0 Å². The number of hydrogen-bond donors (Lipinski definition) is 2. The number of ketones is 1. The van der Waals surface area contributed by atoms with Gasteiger partial charge in [0, 0.05) is 32.1 Å². The third-order valence-corrected chi connectivity index (χ3v) is 17.2. The summed E-state index contributed by atoms with van der Waals surface area (Å²) < 4.78 is 31.4. The maximum Gasteiger partial charge on any atom is 0.338 e. The average molecular weight is 701 g/mol. The summed E-state index contributed by atoms with van der Waals surface area (Å²) in [7, 11) is -2.37. The molecule has 0 spiro atoms. The second kappa shape index (κ2) is 13.0. The highest BCUT2D eigenvalue weighted by atomic mass is 28.4. The molecule has 270 valence electrons. The maximum atomic E-state index is 15.3. The molecule has 3 aliphatic carbocycles. The molecule has 1 heterocycles. The fourth-order valence-corrected chi connectivity index (χ4v) is 12.2. The Kier molecular flexibility index (Phi) is 9.92. The van der Waals surface area contributed by atoms with Gasteiger partial charge in [-0.15, -0.1) is 0 Å². The minimum absolute atomic E-state index is 0.0395. The highest BCUT2D eigenvalue weighted by molar-refractivity contribution is 6.73. The highest BCUT2D eigenvalue weighted by Crippen LogP contribution is 2.64. The molecule has 0 aromatic heterocycles. The van der Waals surface area contributed by atoms with E-state index in [1.54, 1.807) is 44.2 Å². The molecular weight excluding hydrogens is 648 g/mol. The lowest BCUT2D eigenvalue weighted by molar-refractivity contribution is -0.345. The molecule has 49 heavy (non-hydrogen) atoms. The summed E-state index contributed by atoms with van der Waals surface area (Å²) in [6, 6.07) is 10.7. The van der Waals surface area contributed by atoms with Gasteiger partial charge in [-0.05, 0) is 55.3 Å². The average Bonchev–Trinajstić information content (AvgIpc) is 3.05. The van der Waals surface area contributed by atoms with Crippen LogP contribution in [0.3, 0.4) is 0 Å². The second-order valence-electron chi connectivity index (χ2n) is 15.1. The third-order valence-electron chi connectivity index (χ3n) is 12.5. The Balaban J connectivity index is 1.86. The van der Waals surface area contributed by atoms with Crippen molar-refractivity contribution in [2.24, 2.45) is 16.7 Å². The summed E-state index contributed by atoms with van der Waals surface area (Å²) in [4.78, 5) is 55.0. The van der Waals surface area contributed by atoms with Gasteiger partial charge < -0.3 is 33.6 Å². The van der Waals surface area contributed by atoms with Crippen LogP contribution in [0, 0.1) is 16.7 Å². The third kappa shape index (κ3) is 5.62. The van der Waals surface area contributed by atoms with Crippen LogP contribution in [0.2, 0.25) is 18.1 Å². The quantitative estimate of drug-likeness (QED) is 0.160. The van der Waals surface area contributed by atoms with Crippen LogP contribution < -0.4 is 0 Å². The van der Waals surface area contributed by atoms with Crippen LogP contribution in [0.25, 0.3) is 0 Å². The minimum Gasteiger partial charge on any atom is -0.455 e. The first-order valence-electron chi connectivity index (χ1n) is 17.5. The van der Waals surface area contributed by atoms with Crippen molar-refractivity contribution in [3.8, 4) is 0 Å². The molecule has 2 bridgehead atoms. The monoisotopic (exact) mass is 700 g/mol. The fourth-order valence-electron chi connectivity index (χ4n) is 9.32. The van der Waals surface area contributed by atoms with Gasteiger partial charge in [-0.3, -0.25) is 14.4 Å². The number of aliphatic hydroxyl groups is 2. The molecule has 3 fully saturated rings. The fraction of sp³-hybridized carbons (Fsp3) is 0.676. The SMILES string of the molecule is CC[Si](CC)(CC)O[C@H]1C[C@@]2(O)[C@@H](OC(=O)c3ccccc3)[C@@H]3[C@]4(OC(C)=O)CO[C@@H]4C[C@H](O)[C@@]3(C)C(=O)[C@H](OC(C)=O)C(=C1C)C2(C)C. The topological polar surface area (TPSA) is 155 Å². The molecule has 1 aromatic carbocycles. The van der Waals surface area contributed by atoms with Gasteiger partial charge >= 0.3 is 17.9 Å². The summed E-state index contributed by atoms with van der Waals surface area (Å²) in [5.74, 6) is -4.12. The van der Waals surface area contributed by atoms with Gasteiger partial charge in [-0.25, -0.2) is 4.79 Å². The van der Waals surface area contributed by atoms with Crippen LogP contribution in [0.1, 0.15) is 85.5 Å². The van der Waals surface area contributed by atoms with Gasteiger partial charge in [-0.2, -0.15) is 0 Å². The van der Waals surface area contributed by atoms with Gasteiger partial charge in [0.15, 0.2) is 25.8 Å². The molecule has 1 aromatic rings. The van der Waals surface area contributed by atoms with E-state index in [0.29, 0.717) is 11.1 Å². The van der Waals surface area contributed by atoms with Crippen molar-refractivity contribution in [3.63, 3.8) is 0 Å². The molecule has 4 aliphatic rings. The molecule has 1 saturated heterocycles. The number of ether oxygens (including phenoxy) is 4. The standard InChI is InChI=1S/C37H52O11Si/c1-10-49(11-2,12-3)48-25-19-37(43)32(46-33(42)24-16-14-13-15-17-24)30-35(9,26(40)18-27-36(30,20-44-27)47-23(6)39)31(41)29(45-22(5)38)28(21(25)4)34(37,7)8/h13-17,25-27,29-30,32,40,43H,10-12,18-20H2,1-9H3/t25-,26-,27+,29+,30-,32-,35+,36-,37+/m0/s1. The Morgan fingerprint density at radius 1 is 0.980 bits per heavy atom. The van der Waals surface area contributed by atoms with Crippen LogP contribution in [-0.4, -0.2) is 90.6 Å². The van der Waals surface area contributed by atoms with Crippen LogP contribution >= 0.6 is 0 Å². The van der Waals surface area contributed by atoms with Gasteiger partial charge in [-0.1, -0.05) is 52.8 Å².